The van der Waals surface area contributed by atoms with Crippen LogP contribution in [-0.2, 0) is 24.1 Å². The van der Waals surface area contributed by atoms with Gasteiger partial charge in [0.1, 0.15) is 5.82 Å². The van der Waals surface area contributed by atoms with Crippen molar-refractivity contribution in [3.8, 4) is 0 Å². The molecule has 34 heavy (non-hydrogen) atoms. The third-order valence-electron chi connectivity index (χ3n) is 7.24. The molecular weight excluding hydrogens is 422 g/mol. The Morgan fingerprint density at radius 3 is 2.50 bits per heavy atom. The highest BCUT2D eigenvalue weighted by molar-refractivity contribution is 5.90. The van der Waals surface area contributed by atoms with E-state index in [0.29, 0.717) is 12.5 Å². The Balaban J connectivity index is 1.16. The minimum atomic E-state index is 0.112. The molecule has 5 rings (SSSR count). The summed E-state index contributed by atoms with van der Waals surface area (Å²) >= 11 is 0. The van der Waals surface area contributed by atoms with Gasteiger partial charge in [0.05, 0.1) is 12.1 Å². The fourth-order valence-corrected chi connectivity index (χ4v) is 5.47. The van der Waals surface area contributed by atoms with E-state index >= 15 is 0 Å². The number of aryl methyl sites for hydroxylation is 1. The predicted molar refractivity (Wildman–Crippen MR) is 138 cm³/mol. The maximum absolute atomic E-state index is 12.8. The smallest absolute Gasteiger partial charge is 0.225 e. The quantitative estimate of drug-likeness (QED) is 0.564. The molecule has 178 valence electrons. The van der Waals surface area contributed by atoms with Gasteiger partial charge in [-0.15, -0.1) is 0 Å². The number of carbonyl (C=O) groups is 1. The standard InChI is InChI=1S/C28H35N5O/c1-33(2)27-24-12-5-6-13-25(24)31-28(32-27)30-22-16-14-21(15-17-22)29-26(34)18-20-10-7-9-19-8-3-4-11-23(19)20/h3-4,7-11,21-22H,5-6,12-18H2,1-2H3,(H,29,34)(H,30,31,32). The SMILES string of the molecule is CN(C)c1nc(NC2CCC(NC(=O)Cc3cccc4ccccc34)CC2)nc2c1CCCC2. The Hall–Kier alpha value is -3.15. The molecule has 0 saturated heterocycles. The lowest BCUT2D eigenvalue weighted by Gasteiger charge is -2.30. The van der Waals surface area contributed by atoms with E-state index in [9.17, 15) is 4.79 Å². The van der Waals surface area contributed by atoms with Gasteiger partial charge in [-0.1, -0.05) is 42.5 Å². The number of hydrogen-bond donors (Lipinski definition) is 2. The molecule has 1 aromatic heterocycles. The number of aromatic nitrogens is 2. The summed E-state index contributed by atoms with van der Waals surface area (Å²) in [5.74, 6) is 1.93. The molecule has 0 radical (unpaired) electrons. The summed E-state index contributed by atoms with van der Waals surface area (Å²) in [4.78, 5) is 24.6. The van der Waals surface area contributed by atoms with Crippen molar-refractivity contribution in [1.82, 2.24) is 15.3 Å². The van der Waals surface area contributed by atoms with Gasteiger partial charge < -0.3 is 15.5 Å². The van der Waals surface area contributed by atoms with E-state index < -0.39 is 0 Å². The Labute approximate surface area is 202 Å². The highest BCUT2D eigenvalue weighted by atomic mass is 16.1. The molecule has 0 spiro atoms. The minimum absolute atomic E-state index is 0.112. The average Bonchev–Trinajstić information content (AvgIpc) is 2.85. The van der Waals surface area contributed by atoms with Crippen molar-refractivity contribution in [2.45, 2.75) is 69.9 Å². The third-order valence-corrected chi connectivity index (χ3v) is 7.24. The predicted octanol–water partition coefficient (Wildman–Crippen LogP) is 4.66. The lowest BCUT2D eigenvalue weighted by atomic mass is 9.91. The van der Waals surface area contributed by atoms with Crippen LogP contribution in [0.15, 0.2) is 42.5 Å². The number of carbonyl (C=O) groups excluding carboxylic acids is 1. The molecule has 1 heterocycles. The van der Waals surface area contributed by atoms with Crippen LogP contribution in [0.4, 0.5) is 11.8 Å². The minimum Gasteiger partial charge on any atom is -0.362 e. The van der Waals surface area contributed by atoms with Crippen molar-refractivity contribution >= 4 is 28.4 Å². The Bertz CT molecular complexity index is 1160. The first-order valence-electron chi connectivity index (χ1n) is 12.7. The second kappa shape index (κ2) is 10.00. The van der Waals surface area contributed by atoms with Crippen LogP contribution >= 0.6 is 0 Å². The molecule has 6 heteroatoms. The van der Waals surface area contributed by atoms with E-state index in [4.69, 9.17) is 9.97 Å². The van der Waals surface area contributed by atoms with Crippen LogP contribution in [0.5, 0.6) is 0 Å². The van der Waals surface area contributed by atoms with Gasteiger partial charge in [0, 0.05) is 31.7 Å². The zero-order valence-corrected chi connectivity index (χ0v) is 20.3. The van der Waals surface area contributed by atoms with E-state index in [2.05, 4.69) is 53.9 Å². The van der Waals surface area contributed by atoms with E-state index in [-0.39, 0.29) is 11.9 Å². The Morgan fingerprint density at radius 2 is 1.68 bits per heavy atom. The van der Waals surface area contributed by atoms with E-state index in [0.717, 1.165) is 61.2 Å². The molecule has 0 bridgehead atoms. The van der Waals surface area contributed by atoms with Crippen LogP contribution in [0.1, 0.15) is 55.3 Å². The largest absolute Gasteiger partial charge is 0.362 e. The lowest BCUT2D eigenvalue weighted by molar-refractivity contribution is -0.121. The first kappa shape index (κ1) is 22.6. The fourth-order valence-electron chi connectivity index (χ4n) is 5.47. The molecule has 0 unspecified atom stereocenters. The number of amides is 1. The van der Waals surface area contributed by atoms with Crippen molar-refractivity contribution in [2.24, 2.45) is 0 Å². The van der Waals surface area contributed by atoms with Crippen LogP contribution in [0.2, 0.25) is 0 Å². The summed E-state index contributed by atoms with van der Waals surface area (Å²) in [5, 5.41) is 9.22. The van der Waals surface area contributed by atoms with Gasteiger partial charge in [0.15, 0.2) is 0 Å². The average molecular weight is 458 g/mol. The molecule has 3 aromatic rings. The monoisotopic (exact) mass is 457 g/mol. The van der Waals surface area contributed by atoms with Gasteiger partial charge in [0.2, 0.25) is 11.9 Å². The molecule has 2 aliphatic rings. The van der Waals surface area contributed by atoms with Gasteiger partial charge in [-0.3, -0.25) is 4.79 Å². The second-order valence-electron chi connectivity index (χ2n) is 9.97. The summed E-state index contributed by atoms with van der Waals surface area (Å²) in [6.45, 7) is 0. The molecule has 2 aliphatic carbocycles. The molecule has 1 fully saturated rings. The number of benzene rings is 2. The third kappa shape index (κ3) is 5.01. The van der Waals surface area contributed by atoms with Crippen molar-refractivity contribution in [3.63, 3.8) is 0 Å². The molecule has 2 aromatic carbocycles. The number of nitrogens with one attached hydrogen (secondary N) is 2. The topological polar surface area (TPSA) is 70.2 Å². The van der Waals surface area contributed by atoms with E-state index in [1.54, 1.807) is 0 Å². The Kier molecular flexibility index (Phi) is 6.66. The normalized spacial score (nSPS) is 19.9. The number of fused-ring (bicyclic) bond motifs is 2. The summed E-state index contributed by atoms with van der Waals surface area (Å²) in [6, 6.07) is 15.0. The van der Waals surface area contributed by atoms with Crippen LogP contribution in [0, 0.1) is 0 Å². The molecule has 2 N–H and O–H groups in total. The van der Waals surface area contributed by atoms with Gasteiger partial charge in [0.25, 0.3) is 0 Å². The molecule has 1 amide bonds. The van der Waals surface area contributed by atoms with Crippen molar-refractivity contribution in [2.75, 3.05) is 24.3 Å². The molecule has 0 aliphatic heterocycles. The number of hydrogen-bond acceptors (Lipinski definition) is 5. The summed E-state index contributed by atoms with van der Waals surface area (Å²) in [6.07, 6.45) is 8.95. The van der Waals surface area contributed by atoms with Crippen molar-refractivity contribution in [3.05, 3.63) is 59.3 Å². The summed E-state index contributed by atoms with van der Waals surface area (Å²) in [7, 11) is 4.13. The zero-order chi connectivity index (χ0) is 23.5. The first-order chi connectivity index (χ1) is 16.6. The van der Waals surface area contributed by atoms with Gasteiger partial charge >= 0.3 is 0 Å². The highest BCUT2D eigenvalue weighted by Crippen LogP contribution is 2.29. The van der Waals surface area contributed by atoms with E-state index in [1.165, 1.54) is 29.5 Å². The molecule has 0 atom stereocenters. The van der Waals surface area contributed by atoms with Crippen LogP contribution < -0.4 is 15.5 Å². The van der Waals surface area contributed by atoms with Crippen LogP contribution in [-0.4, -0.2) is 42.1 Å². The molecular formula is C28H35N5O. The number of rotatable bonds is 6. The number of anilines is 2. The van der Waals surface area contributed by atoms with Crippen molar-refractivity contribution < 1.29 is 4.79 Å². The molecule has 1 saturated carbocycles. The van der Waals surface area contributed by atoms with Crippen LogP contribution in [0.25, 0.3) is 10.8 Å². The van der Waals surface area contributed by atoms with Gasteiger partial charge in [-0.2, -0.15) is 4.98 Å². The van der Waals surface area contributed by atoms with Crippen molar-refractivity contribution in [1.29, 1.82) is 0 Å². The second-order valence-corrected chi connectivity index (χ2v) is 9.97. The fraction of sp³-hybridized carbons (Fsp3) is 0.464. The maximum atomic E-state index is 12.8. The molecule has 6 nitrogen and oxygen atoms in total. The maximum Gasteiger partial charge on any atom is 0.225 e. The van der Waals surface area contributed by atoms with E-state index in [1.807, 2.05) is 18.2 Å². The van der Waals surface area contributed by atoms with Gasteiger partial charge in [-0.05, 0) is 67.7 Å². The van der Waals surface area contributed by atoms with Crippen LogP contribution in [0.3, 0.4) is 0 Å². The summed E-state index contributed by atoms with van der Waals surface area (Å²) in [5.41, 5.74) is 3.62. The zero-order valence-electron chi connectivity index (χ0n) is 20.3. The van der Waals surface area contributed by atoms with Gasteiger partial charge in [-0.25, -0.2) is 4.98 Å². The Morgan fingerprint density at radius 1 is 0.941 bits per heavy atom. The lowest BCUT2D eigenvalue weighted by Crippen LogP contribution is -2.41. The first-order valence-corrected chi connectivity index (χ1v) is 12.7. The summed E-state index contributed by atoms with van der Waals surface area (Å²) < 4.78 is 0. The number of nitrogens with zero attached hydrogens (tertiary/aromatic N) is 3. The highest BCUT2D eigenvalue weighted by Gasteiger charge is 2.25.